The average Bonchev–Trinajstić information content (AvgIpc) is 3.28. The number of carboxylic acids is 1. The van der Waals surface area contributed by atoms with Crippen LogP contribution in [0.25, 0.3) is 0 Å². The van der Waals surface area contributed by atoms with Gasteiger partial charge >= 0.3 is 5.97 Å². The number of ether oxygens (including phenoxy) is 2. The van der Waals surface area contributed by atoms with Gasteiger partial charge in [0.05, 0.1) is 19.0 Å². The summed E-state index contributed by atoms with van der Waals surface area (Å²) in [5.74, 6) is -0.986. The normalized spacial score (nSPS) is 23.3. The molecule has 8 nitrogen and oxygen atoms in total. The van der Waals surface area contributed by atoms with Crippen molar-refractivity contribution in [1.29, 1.82) is 0 Å². The highest BCUT2D eigenvalue weighted by atomic mass is 16.5. The van der Waals surface area contributed by atoms with Crippen molar-refractivity contribution in [3.8, 4) is 0 Å². The Morgan fingerprint density at radius 2 is 2.17 bits per heavy atom. The van der Waals surface area contributed by atoms with Crippen molar-refractivity contribution in [1.82, 2.24) is 14.5 Å². The molecule has 1 aromatic heterocycles. The van der Waals surface area contributed by atoms with E-state index < -0.39 is 11.5 Å². The largest absolute Gasteiger partial charge is 0.479 e. The van der Waals surface area contributed by atoms with Gasteiger partial charge in [0, 0.05) is 32.1 Å². The van der Waals surface area contributed by atoms with Crippen LogP contribution in [0.5, 0.6) is 0 Å². The predicted octanol–water partition coefficient (Wildman–Crippen LogP) is 0.481. The van der Waals surface area contributed by atoms with Crippen molar-refractivity contribution in [3.63, 3.8) is 0 Å². The number of hydrogen-bond acceptors (Lipinski definition) is 5. The summed E-state index contributed by atoms with van der Waals surface area (Å²) < 4.78 is 12.5. The van der Waals surface area contributed by atoms with Gasteiger partial charge in [-0.1, -0.05) is 0 Å². The molecule has 3 rings (SSSR count). The van der Waals surface area contributed by atoms with Crippen LogP contribution in [-0.2, 0) is 24.6 Å². The minimum atomic E-state index is -1.02. The number of amides is 1. The molecule has 0 saturated carbocycles. The number of likely N-dealkylation sites (tertiary alicyclic amines) is 1. The van der Waals surface area contributed by atoms with Gasteiger partial charge in [0.25, 0.3) is 0 Å². The molecule has 0 aliphatic carbocycles. The first-order valence-electron chi connectivity index (χ1n) is 8.31. The molecule has 1 amide bonds. The molecule has 0 aromatic carbocycles. The molecule has 1 atom stereocenters. The van der Waals surface area contributed by atoms with Gasteiger partial charge in [0.2, 0.25) is 5.91 Å². The molecule has 24 heavy (non-hydrogen) atoms. The summed E-state index contributed by atoms with van der Waals surface area (Å²) in [4.78, 5) is 29.6. The summed E-state index contributed by atoms with van der Waals surface area (Å²) in [7, 11) is 0. The van der Waals surface area contributed by atoms with Crippen LogP contribution in [0.1, 0.15) is 25.7 Å². The molecule has 2 fully saturated rings. The second-order valence-electron chi connectivity index (χ2n) is 6.34. The SMILES string of the molecule is O=C(COC[C@@H]1CCCO1)N1CCC(C(=O)O)(n2ccnc2)CC1. The first-order valence-corrected chi connectivity index (χ1v) is 8.31. The van der Waals surface area contributed by atoms with Gasteiger partial charge < -0.3 is 24.0 Å². The topological polar surface area (TPSA) is 93.9 Å². The van der Waals surface area contributed by atoms with Gasteiger partial charge in [-0.15, -0.1) is 0 Å². The second-order valence-corrected chi connectivity index (χ2v) is 6.34. The first kappa shape index (κ1) is 16.9. The van der Waals surface area contributed by atoms with Crippen molar-refractivity contribution in [2.75, 3.05) is 32.9 Å². The minimum Gasteiger partial charge on any atom is -0.479 e. The summed E-state index contributed by atoms with van der Waals surface area (Å²) in [5.41, 5.74) is -1.02. The molecule has 2 saturated heterocycles. The van der Waals surface area contributed by atoms with Gasteiger partial charge in [-0.3, -0.25) is 4.79 Å². The molecule has 1 N–H and O–H groups in total. The Kier molecular flexibility index (Phi) is 5.15. The fourth-order valence-electron chi connectivity index (χ4n) is 3.37. The van der Waals surface area contributed by atoms with Gasteiger partial charge in [0.1, 0.15) is 12.1 Å². The Bertz CT molecular complexity index is 560. The Labute approximate surface area is 140 Å². The molecule has 1 aromatic rings. The lowest BCUT2D eigenvalue weighted by Gasteiger charge is -2.39. The number of piperidine rings is 1. The van der Waals surface area contributed by atoms with E-state index in [1.807, 2.05) is 0 Å². The maximum atomic E-state index is 12.2. The van der Waals surface area contributed by atoms with E-state index in [1.165, 1.54) is 6.33 Å². The summed E-state index contributed by atoms with van der Waals surface area (Å²) in [6, 6.07) is 0. The monoisotopic (exact) mass is 337 g/mol. The van der Waals surface area contributed by atoms with E-state index in [0.717, 1.165) is 19.4 Å². The number of carbonyl (C=O) groups excluding carboxylic acids is 1. The quantitative estimate of drug-likeness (QED) is 0.811. The fourth-order valence-corrected chi connectivity index (χ4v) is 3.37. The molecular formula is C16H23N3O5. The van der Waals surface area contributed by atoms with Crippen molar-refractivity contribution < 1.29 is 24.2 Å². The van der Waals surface area contributed by atoms with Gasteiger partial charge in [0.15, 0.2) is 0 Å². The minimum absolute atomic E-state index is 0.0189. The molecular weight excluding hydrogens is 314 g/mol. The third kappa shape index (κ3) is 3.44. The van der Waals surface area contributed by atoms with E-state index in [0.29, 0.717) is 32.5 Å². The molecule has 0 spiro atoms. The summed E-state index contributed by atoms with van der Waals surface area (Å²) in [6.45, 7) is 2.01. The van der Waals surface area contributed by atoms with Gasteiger partial charge in [-0.25, -0.2) is 9.78 Å². The second kappa shape index (κ2) is 7.31. The lowest BCUT2D eigenvalue weighted by molar-refractivity contribution is -0.153. The Balaban J connectivity index is 1.50. The van der Waals surface area contributed by atoms with E-state index in [4.69, 9.17) is 9.47 Å². The summed E-state index contributed by atoms with van der Waals surface area (Å²) in [6.07, 6.45) is 7.59. The number of aliphatic carboxylic acids is 1. The molecule has 2 aliphatic heterocycles. The average molecular weight is 337 g/mol. The maximum Gasteiger partial charge on any atom is 0.330 e. The first-order chi connectivity index (χ1) is 11.6. The van der Waals surface area contributed by atoms with Crippen molar-refractivity contribution >= 4 is 11.9 Å². The van der Waals surface area contributed by atoms with E-state index >= 15 is 0 Å². The zero-order valence-electron chi connectivity index (χ0n) is 13.6. The van der Waals surface area contributed by atoms with Crippen molar-refractivity contribution in [2.45, 2.75) is 37.3 Å². The zero-order valence-corrected chi connectivity index (χ0v) is 13.6. The smallest absolute Gasteiger partial charge is 0.330 e. The van der Waals surface area contributed by atoms with Crippen LogP contribution >= 0.6 is 0 Å². The molecule has 0 bridgehead atoms. The van der Waals surface area contributed by atoms with Crippen LogP contribution in [0.4, 0.5) is 0 Å². The summed E-state index contributed by atoms with van der Waals surface area (Å²) in [5, 5.41) is 9.66. The number of hydrogen-bond donors (Lipinski definition) is 1. The lowest BCUT2D eigenvalue weighted by Crippen LogP contribution is -2.52. The maximum absolute atomic E-state index is 12.2. The van der Waals surface area contributed by atoms with E-state index in [1.54, 1.807) is 21.9 Å². The molecule has 132 valence electrons. The van der Waals surface area contributed by atoms with Crippen molar-refractivity contribution in [2.24, 2.45) is 0 Å². The highest BCUT2D eigenvalue weighted by Gasteiger charge is 2.43. The number of carbonyl (C=O) groups is 2. The van der Waals surface area contributed by atoms with Crippen molar-refractivity contribution in [3.05, 3.63) is 18.7 Å². The van der Waals surface area contributed by atoms with Gasteiger partial charge in [-0.05, 0) is 25.7 Å². The fraction of sp³-hybridized carbons (Fsp3) is 0.688. The molecule has 0 radical (unpaired) electrons. The molecule has 8 heteroatoms. The van der Waals surface area contributed by atoms with Crippen LogP contribution in [0.15, 0.2) is 18.7 Å². The predicted molar refractivity (Wildman–Crippen MR) is 83.4 cm³/mol. The Hall–Kier alpha value is -1.93. The zero-order chi connectivity index (χ0) is 17.0. The number of nitrogens with zero attached hydrogens (tertiary/aromatic N) is 3. The number of carboxylic acid groups (broad SMARTS) is 1. The highest BCUT2D eigenvalue weighted by Crippen LogP contribution is 2.30. The standard InChI is InChI=1S/C16H23N3O5/c20-14(11-23-10-13-2-1-9-24-13)18-6-3-16(4-7-18,15(21)22)19-8-5-17-12-19/h5,8,12-13H,1-4,6-7,9-11H2,(H,21,22)/t13-/m0/s1. The van der Waals surface area contributed by atoms with Crippen LogP contribution in [-0.4, -0.2) is 70.4 Å². The van der Waals surface area contributed by atoms with Crippen LogP contribution in [0, 0.1) is 0 Å². The van der Waals surface area contributed by atoms with Crippen LogP contribution in [0.2, 0.25) is 0 Å². The third-order valence-electron chi connectivity index (χ3n) is 4.89. The number of aromatic nitrogens is 2. The number of imidazole rings is 1. The molecule has 2 aliphatic rings. The Morgan fingerprint density at radius 3 is 2.75 bits per heavy atom. The molecule has 0 unspecified atom stereocenters. The van der Waals surface area contributed by atoms with E-state index in [2.05, 4.69) is 4.98 Å². The van der Waals surface area contributed by atoms with Gasteiger partial charge in [-0.2, -0.15) is 0 Å². The number of rotatable bonds is 6. The van der Waals surface area contributed by atoms with Crippen LogP contribution < -0.4 is 0 Å². The Morgan fingerprint density at radius 1 is 1.38 bits per heavy atom. The third-order valence-corrected chi connectivity index (χ3v) is 4.89. The summed E-state index contributed by atoms with van der Waals surface area (Å²) >= 11 is 0. The van der Waals surface area contributed by atoms with E-state index in [-0.39, 0.29) is 18.6 Å². The van der Waals surface area contributed by atoms with E-state index in [9.17, 15) is 14.7 Å². The highest BCUT2D eigenvalue weighted by molar-refractivity contribution is 5.80. The molecule has 3 heterocycles. The lowest BCUT2D eigenvalue weighted by atomic mass is 9.87. The van der Waals surface area contributed by atoms with Crippen LogP contribution in [0.3, 0.4) is 0 Å².